The summed E-state index contributed by atoms with van der Waals surface area (Å²) in [5.74, 6) is 0.863. The van der Waals surface area contributed by atoms with Gasteiger partial charge in [0, 0.05) is 25.3 Å². The smallest absolute Gasteiger partial charge is 0.121 e. The first-order chi connectivity index (χ1) is 7.78. The van der Waals surface area contributed by atoms with Crippen molar-refractivity contribution in [2.45, 2.75) is 37.9 Å². The lowest BCUT2D eigenvalue weighted by molar-refractivity contribution is 0.0210. The molecular weight excluding hydrogens is 202 g/mol. The Balaban J connectivity index is 1.94. The molecule has 16 heavy (non-hydrogen) atoms. The van der Waals surface area contributed by atoms with Gasteiger partial charge in [-0.3, -0.25) is 0 Å². The molecule has 2 unspecified atom stereocenters. The number of ether oxygens (including phenoxy) is 2. The minimum absolute atomic E-state index is 0.264. The maximum absolute atomic E-state index is 5.91. The van der Waals surface area contributed by atoms with Gasteiger partial charge in [0.1, 0.15) is 11.9 Å². The molecule has 1 fully saturated rings. The van der Waals surface area contributed by atoms with Gasteiger partial charge in [-0.1, -0.05) is 6.07 Å². The summed E-state index contributed by atoms with van der Waals surface area (Å²) in [5.41, 5.74) is 6.46. The van der Waals surface area contributed by atoms with Gasteiger partial charge in [0.25, 0.3) is 0 Å². The van der Waals surface area contributed by atoms with Crippen molar-refractivity contribution in [1.82, 2.24) is 0 Å². The summed E-state index contributed by atoms with van der Waals surface area (Å²) in [6.07, 6.45) is 5.01. The molecule has 0 heterocycles. The zero-order chi connectivity index (χ0) is 11.4. The van der Waals surface area contributed by atoms with E-state index < -0.39 is 0 Å². The van der Waals surface area contributed by atoms with Gasteiger partial charge in [-0.25, -0.2) is 0 Å². The lowest BCUT2D eigenvalue weighted by Crippen LogP contribution is -2.29. The highest BCUT2D eigenvalue weighted by Crippen LogP contribution is 2.25. The van der Waals surface area contributed by atoms with Crippen molar-refractivity contribution in [3.8, 4) is 5.75 Å². The van der Waals surface area contributed by atoms with Crippen molar-refractivity contribution in [2.24, 2.45) is 0 Å². The highest BCUT2D eigenvalue weighted by atomic mass is 16.5. The van der Waals surface area contributed by atoms with Crippen molar-refractivity contribution in [3.05, 3.63) is 24.3 Å². The maximum atomic E-state index is 5.91. The molecule has 2 N–H and O–H groups in total. The standard InChI is InChI=1S/C13H19NO2/c1-15-11-5-3-7-13(9-11)16-12-6-2-4-10(14)8-12/h2,4,6,8,11,13H,3,5,7,9,14H2,1H3. The van der Waals surface area contributed by atoms with Crippen LogP contribution >= 0.6 is 0 Å². The average molecular weight is 221 g/mol. The molecule has 88 valence electrons. The van der Waals surface area contributed by atoms with Crippen LogP contribution in [-0.4, -0.2) is 19.3 Å². The number of nitrogens with two attached hydrogens (primary N) is 1. The van der Waals surface area contributed by atoms with Gasteiger partial charge >= 0.3 is 0 Å². The summed E-state index contributed by atoms with van der Waals surface area (Å²) in [7, 11) is 1.77. The molecule has 0 spiro atoms. The van der Waals surface area contributed by atoms with Crippen LogP contribution in [0.4, 0.5) is 5.69 Å². The van der Waals surface area contributed by atoms with Crippen LogP contribution in [0.2, 0.25) is 0 Å². The fourth-order valence-electron chi connectivity index (χ4n) is 2.20. The summed E-state index contributed by atoms with van der Waals surface area (Å²) in [4.78, 5) is 0. The van der Waals surface area contributed by atoms with E-state index in [1.54, 1.807) is 7.11 Å². The Kier molecular flexibility index (Phi) is 3.67. The van der Waals surface area contributed by atoms with Crippen LogP contribution in [0.1, 0.15) is 25.7 Å². The second-order valence-electron chi connectivity index (χ2n) is 4.34. The highest BCUT2D eigenvalue weighted by Gasteiger charge is 2.22. The first-order valence-corrected chi connectivity index (χ1v) is 5.83. The molecule has 1 aliphatic carbocycles. The van der Waals surface area contributed by atoms with E-state index in [-0.39, 0.29) is 6.10 Å². The third kappa shape index (κ3) is 2.89. The van der Waals surface area contributed by atoms with E-state index in [4.69, 9.17) is 15.2 Å². The first-order valence-electron chi connectivity index (χ1n) is 5.83. The molecule has 1 aromatic rings. The normalized spacial score (nSPS) is 25.3. The van der Waals surface area contributed by atoms with Crippen molar-refractivity contribution < 1.29 is 9.47 Å². The van der Waals surface area contributed by atoms with E-state index in [1.165, 1.54) is 6.42 Å². The number of methoxy groups -OCH3 is 1. The Morgan fingerprint density at radius 1 is 1.25 bits per heavy atom. The van der Waals surface area contributed by atoms with Gasteiger partial charge in [-0.15, -0.1) is 0 Å². The number of nitrogen functional groups attached to an aromatic ring is 1. The summed E-state index contributed by atoms with van der Waals surface area (Å²) < 4.78 is 11.3. The summed E-state index contributed by atoms with van der Waals surface area (Å²) in [6, 6.07) is 7.61. The highest BCUT2D eigenvalue weighted by molar-refractivity contribution is 5.43. The number of hydrogen-bond acceptors (Lipinski definition) is 3. The number of rotatable bonds is 3. The van der Waals surface area contributed by atoms with Crippen LogP contribution in [0.25, 0.3) is 0 Å². The Bertz CT molecular complexity index is 340. The SMILES string of the molecule is COC1CCCC(Oc2cccc(N)c2)C1. The molecule has 0 aromatic heterocycles. The van der Waals surface area contributed by atoms with Crippen LogP contribution < -0.4 is 10.5 Å². The Labute approximate surface area is 96.5 Å². The van der Waals surface area contributed by atoms with Crippen LogP contribution in [-0.2, 0) is 4.74 Å². The van der Waals surface area contributed by atoms with Gasteiger partial charge in [0.05, 0.1) is 6.10 Å². The maximum Gasteiger partial charge on any atom is 0.121 e. The minimum Gasteiger partial charge on any atom is -0.490 e. The van der Waals surface area contributed by atoms with E-state index in [0.717, 1.165) is 30.7 Å². The van der Waals surface area contributed by atoms with Gasteiger partial charge in [0.15, 0.2) is 0 Å². The molecule has 3 heteroatoms. The van der Waals surface area contributed by atoms with E-state index in [1.807, 2.05) is 24.3 Å². The van der Waals surface area contributed by atoms with Crippen LogP contribution in [0.15, 0.2) is 24.3 Å². The fraction of sp³-hybridized carbons (Fsp3) is 0.538. The second kappa shape index (κ2) is 5.21. The first kappa shape index (κ1) is 11.3. The van der Waals surface area contributed by atoms with Crippen molar-refractivity contribution in [3.63, 3.8) is 0 Å². The zero-order valence-electron chi connectivity index (χ0n) is 9.69. The third-order valence-electron chi connectivity index (χ3n) is 3.07. The molecule has 1 aromatic carbocycles. The molecule has 3 nitrogen and oxygen atoms in total. The largest absolute Gasteiger partial charge is 0.490 e. The molecule has 2 atom stereocenters. The monoisotopic (exact) mass is 221 g/mol. The van der Waals surface area contributed by atoms with Crippen LogP contribution in [0.3, 0.4) is 0 Å². The fourth-order valence-corrected chi connectivity index (χ4v) is 2.20. The minimum atomic E-state index is 0.264. The van der Waals surface area contributed by atoms with Crippen molar-refractivity contribution in [2.75, 3.05) is 12.8 Å². The van der Waals surface area contributed by atoms with Crippen molar-refractivity contribution >= 4 is 5.69 Å². The molecule has 0 radical (unpaired) electrons. The quantitative estimate of drug-likeness (QED) is 0.798. The summed E-state index contributed by atoms with van der Waals surface area (Å²) >= 11 is 0. The van der Waals surface area contributed by atoms with Crippen LogP contribution in [0, 0.1) is 0 Å². The molecule has 0 amide bonds. The molecule has 1 saturated carbocycles. The lowest BCUT2D eigenvalue weighted by atomic mass is 9.95. The average Bonchev–Trinajstić information content (AvgIpc) is 2.29. The predicted molar refractivity (Wildman–Crippen MR) is 64.5 cm³/mol. The molecule has 0 bridgehead atoms. The van der Waals surface area contributed by atoms with Gasteiger partial charge in [-0.2, -0.15) is 0 Å². The topological polar surface area (TPSA) is 44.5 Å². The lowest BCUT2D eigenvalue weighted by Gasteiger charge is -2.28. The molecule has 2 rings (SSSR count). The van der Waals surface area contributed by atoms with Gasteiger partial charge in [-0.05, 0) is 31.4 Å². The molecule has 0 saturated heterocycles. The number of hydrogen-bond donors (Lipinski definition) is 1. The Morgan fingerprint density at radius 3 is 2.81 bits per heavy atom. The molecule has 0 aliphatic heterocycles. The Morgan fingerprint density at radius 2 is 2.06 bits per heavy atom. The van der Waals surface area contributed by atoms with Crippen molar-refractivity contribution in [1.29, 1.82) is 0 Å². The third-order valence-corrected chi connectivity index (χ3v) is 3.07. The summed E-state index contributed by atoms with van der Waals surface area (Å²) in [6.45, 7) is 0. The van der Waals surface area contributed by atoms with E-state index >= 15 is 0 Å². The zero-order valence-corrected chi connectivity index (χ0v) is 9.69. The molecule has 1 aliphatic rings. The van der Waals surface area contributed by atoms with E-state index in [9.17, 15) is 0 Å². The van der Waals surface area contributed by atoms with Gasteiger partial charge in [0.2, 0.25) is 0 Å². The second-order valence-corrected chi connectivity index (χ2v) is 4.34. The molecular formula is C13H19NO2. The number of anilines is 1. The predicted octanol–water partition coefficient (Wildman–Crippen LogP) is 2.61. The van der Waals surface area contributed by atoms with E-state index in [2.05, 4.69) is 0 Å². The number of benzene rings is 1. The summed E-state index contributed by atoms with van der Waals surface area (Å²) in [5, 5.41) is 0. The van der Waals surface area contributed by atoms with Gasteiger partial charge < -0.3 is 15.2 Å². The van der Waals surface area contributed by atoms with Crippen LogP contribution in [0.5, 0.6) is 5.75 Å². The van der Waals surface area contributed by atoms with E-state index in [0.29, 0.717) is 6.10 Å². The Hall–Kier alpha value is -1.22.